The Hall–Kier alpha value is -0.730. The van der Waals surface area contributed by atoms with Crippen LogP contribution in [0.5, 0.6) is 0 Å². The van der Waals surface area contributed by atoms with E-state index in [2.05, 4.69) is 50.0 Å². The fraction of sp³-hybridized carbons (Fsp3) is 0.667. The van der Waals surface area contributed by atoms with E-state index in [1.165, 1.54) is 37.1 Å². The van der Waals surface area contributed by atoms with Crippen LogP contribution in [0.25, 0.3) is 0 Å². The lowest BCUT2D eigenvalue weighted by atomic mass is 10.0. The van der Waals surface area contributed by atoms with Gasteiger partial charge in [0.2, 0.25) is 0 Å². The van der Waals surface area contributed by atoms with Gasteiger partial charge in [-0.15, -0.1) is 0 Å². The van der Waals surface area contributed by atoms with Gasteiger partial charge in [0.1, 0.15) is 0 Å². The summed E-state index contributed by atoms with van der Waals surface area (Å²) in [5, 5.41) is 4.42. The van der Waals surface area contributed by atoms with Gasteiger partial charge in [0.15, 0.2) is 0 Å². The molecule has 1 aliphatic rings. The van der Waals surface area contributed by atoms with Crippen molar-refractivity contribution in [2.24, 2.45) is 5.92 Å². The van der Waals surface area contributed by atoms with Crippen LogP contribution in [0.1, 0.15) is 52.5 Å². The van der Waals surface area contributed by atoms with E-state index in [1.54, 1.807) is 0 Å². The van der Waals surface area contributed by atoms with Gasteiger partial charge < -0.3 is 10.2 Å². The van der Waals surface area contributed by atoms with Crippen molar-refractivity contribution in [3.63, 3.8) is 0 Å². The monoisotopic (exact) mass is 308 g/mol. The SMILES string of the molecule is CCCC1CCN(c2cc(Cl)ccc2CNC(C)(C)C)C1. The third-order valence-electron chi connectivity index (χ3n) is 4.18. The summed E-state index contributed by atoms with van der Waals surface area (Å²) in [5.41, 5.74) is 2.80. The largest absolute Gasteiger partial charge is 0.371 e. The van der Waals surface area contributed by atoms with E-state index >= 15 is 0 Å². The highest BCUT2D eigenvalue weighted by molar-refractivity contribution is 6.30. The molecule has 1 aliphatic heterocycles. The molecule has 1 N–H and O–H groups in total. The number of anilines is 1. The van der Waals surface area contributed by atoms with Crippen molar-refractivity contribution in [1.82, 2.24) is 5.32 Å². The standard InChI is InChI=1S/C18H29ClN2/c1-5-6-14-9-10-21(13-14)17-11-16(19)8-7-15(17)12-20-18(2,3)4/h7-8,11,14,20H,5-6,9-10,12-13H2,1-4H3. The highest BCUT2D eigenvalue weighted by atomic mass is 35.5. The van der Waals surface area contributed by atoms with Crippen molar-refractivity contribution >= 4 is 17.3 Å². The average molecular weight is 309 g/mol. The first-order valence-electron chi connectivity index (χ1n) is 8.17. The predicted molar refractivity (Wildman–Crippen MR) is 93.3 cm³/mol. The Labute approximate surface area is 134 Å². The molecule has 1 unspecified atom stereocenters. The number of nitrogens with one attached hydrogen (secondary N) is 1. The van der Waals surface area contributed by atoms with Crippen LogP contribution in [0.15, 0.2) is 18.2 Å². The molecule has 1 saturated heterocycles. The van der Waals surface area contributed by atoms with Gasteiger partial charge in [-0.3, -0.25) is 0 Å². The van der Waals surface area contributed by atoms with Gasteiger partial charge in [0.05, 0.1) is 0 Å². The van der Waals surface area contributed by atoms with Gasteiger partial charge >= 0.3 is 0 Å². The smallest absolute Gasteiger partial charge is 0.0426 e. The number of benzene rings is 1. The molecule has 0 radical (unpaired) electrons. The Morgan fingerprint density at radius 1 is 1.33 bits per heavy atom. The molecule has 1 aromatic rings. The summed E-state index contributed by atoms with van der Waals surface area (Å²) in [7, 11) is 0. The maximum absolute atomic E-state index is 6.24. The summed E-state index contributed by atoms with van der Waals surface area (Å²) in [6, 6.07) is 6.31. The van der Waals surface area contributed by atoms with E-state index in [0.29, 0.717) is 0 Å². The minimum atomic E-state index is 0.132. The Balaban J connectivity index is 2.12. The van der Waals surface area contributed by atoms with Crippen LogP contribution >= 0.6 is 11.6 Å². The molecular weight excluding hydrogens is 280 g/mol. The zero-order chi connectivity index (χ0) is 15.5. The van der Waals surface area contributed by atoms with E-state index in [1.807, 2.05) is 6.07 Å². The molecule has 1 heterocycles. The summed E-state index contributed by atoms with van der Waals surface area (Å²) < 4.78 is 0. The van der Waals surface area contributed by atoms with Crippen molar-refractivity contribution in [3.05, 3.63) is 28.8 Å². The third-order valence-corrected chi connectivity index (χ3v) is 4.42. The molecule has 0 aromatic heterocycles. The lowest BCUT2D eigenvalue weighted by molar-refractivity contribution is 0.424. The van der Waals surface area contributed by atoms with Gasteiger partial charge in [-0.1, -0.05) is 31.0 Å². The van der Waals surface area contributed by atoms with Crippen LogP contribution in [0.4, 0.5) is 5.69 Å². The fourth-order valence-electron chi connectivity index (χ4n) is 3.04. The molecule has 0 aliphatic carbocycles. The molecule has 0 amide bonds. The second kappa shape index (κ2) is 7.02. The van der Waals surface area contributed by atoms with Crippen LogP contribution in [-0.4, -0.2) is 18.6 Å². The second-order valence-electron chi connectivity index (χ2n) is 7.27. The molecule has 2 rings (SSSR count). The van der Waals surface area contributed by atoms with Crippen LogP contribution in [0.2, 0.25) is 5.02 Å². The average Bonchev–Trinajstić information content (AvgIpc) is 2.85. The first-order chi connectivity index (χ1) is 9.89. The zero-order valence-corrected chi connectivity index (χ0v) is 14.6. The molecule has 0 spiro atoms. The second-order valence-corrected chi connectivity index (χ2v) is 7.70. The van der Waals surface area contributed by atoms with Crippen LogP contribution in [-0.2, 0) is 6.54 Å². The van der Waals surface area contributed by atoms with E-state index in [9.17, 15) is 0 Å². The lowest BCUT2D eigenvalue weighted by Gasteiger charge is -2.26. The number of nitrogens with zero attached hydrogens (tertiary/aromatic N) is 1. The minimum absolute atomic E-state index is 0.132. The van der Waals surface area contributed by atoms with Crippen molar-refractivity contribution in [1.29, 1.82) is 0 Å². The summed E-state index contributed by atoms with van der Waals surface area (Å²) in [5.74, 6) is 0.845. The van der Waals surface area contributed by atoms with Gasteiger partial charge in [-0.05, 0) is 57.2 Å². The topological polar surface area (TPSA) is 15.3 Å². The van der Waals surface area contributed by atoms with Crippen LogP contribution < -0.4 is 10.2 Å². The molecule has 1 atom stereocenters. The quantitative estimate of drug-likeness (QED) is 0.836. The van der Waals surface area contributed by atoms with E-state index < -0.39 is 0 Å². The van der Waals surface area contributed by atoms with Gasteiger partial charge in [-0.2, -0.15) is 0 Å². The molecule has 0 saturated carbocycles. The first kappa shape index (κ1) is 16.6. The molecule has 0 bridgehead atoms. The molecule has 1 aromatic carbocycles. The summed E-state index contributed by atoms with van der Waals surface area (Å²) in [6.45, 7) is 12.1. The molecule has 1 fully saturated rings. The zero-order valence-electron chi connectivity index (χ0n) is 13.9. The van der Waals surface area contributed by atoms with Gasteiger partial charge in [0.25, 0.3) is 0 Å². The van der Waals surface area contributed by atoms with Gasteiger partial charge in [0, 0.05) is 35.9 Å². The van der Waals surface area contributed by atoms with Crippen molar-refractivity contribution in [2.45, 2.75) is 59.0 Å². The van der Waals surface area contributed by atoms with E-state index in [0.717, 1.165) is 24.0 Å². The number of hydrogen-bond donors (Lipinski definition) is 1. The summed E-state index contributed by atoms with van der Waals surface area (Å²) in [4.78, 5) is 2.52. The van der Waals surface area contributed by atoms with E-state index in [-0.39, 0.29) is 5.54 Å². The molecular formula is C18H29ClN2. The summed E-state index contributed by atoms with van der Waals surface area (Å²) >= 11 is 6.24. The van der Waals surface area contributed by atoms with Crippen molar-refractivity contribution < 1.29 is 0 Å². The maximum Gasteiger partial charge on any atom is 0.0426 e. The molecule has 118 valence electrons. The van der Waals surface area contributed by atoms with E-state index in [4.69, 9.17) is 11.6 Å². The predicted octanol–water partition coefficient (Wildman–Crippen LogP) is 4.85. The van der Waals surface area contributed by atoms with Gasteiger partial charge in [-0.25, -0.2) is 0 Å². The number of rotatable bonds is 5. The Morgan fingerprint density at radius 2 is 2.10 bits per heavy atom. The Morgan fingerprint density at radius 3 is 2.76 bits per heavy atom. The number of halogens is 1. The lowest BCUT2D eigenvalue weighted by Crippen LogP contribution is -2.35. The molecule has 21 heavy (non-hydrogen) atoms. The third kappa shape index (κ3) is 4.89. The fourth-order valence-corrected chi connectivity index (χ4v) is 3.20. The van der Waals surface area contributed by atoms with Crippen LogP contribution in [0.3, 0.4) is 0 Å². The summed E-state index contributed by atoms with van der Waals surface area (Å²) in [6.07, 6.45) is 3.94. The van der Waals surface area contributed by atoms with Crippen molar-refractivity contribution in [3.8, 4) is 0 Å². The van der Waals surface area contributed by atoms with Crippen LogP contribution in [0, 0.1) is 5.92 Å². The Kier molecular flexibility index (Phi) is 5.56. The van der Waals surface area contributed by atoms with Crippen molar-refractivity contribution in [2.75, 3.05) is 18.0 Å². The first-order valence-corrected chi connectivity index (χ1v) is 8.55. The Bertz CT molecular complexity index is 465. The maximum atomic E-state index is 6.24. The number of hydrogen-bond acceptors (Lipinski definition) is 2. The highest BCUT2D eigenvalue weighted by Crippen LogP contribution is 2.31. The molecule has 2 nitrogen and oxygen atoms in total. The molecule has 3 heteroatoms. The minimum Gasteiger partial charge on any atom is -0.371 e. The normalized spacial score (nSPS) is 19.3. The highest BCUT2D eigenvalue weighted by Gasteiger charge is 2.24.